The number of nitrogens with two attached hydrogens (primary N) is 3. The van der Waals surface area contributed by atoms with Gasteiger partial charge in [-0.2, -0.15) is 0 Å². The Bertz CT molecular complexity index is 282. The molecule has 8 N–H and O–H groups in total. The van der Waals surface area contributed by atoms with E-state index in [4.69, 9.17) is 16.3 Å². The highest BCUT2D eigenvalue weighted by Crippen LogP contribution is 2.15. The van der Waals surface area contributed by atoms with Crippen molar-refractivity contribution in [1.29, 1.82) is 0 Å². The SMILES string of the molecule is CCc1cc(N)ccc1N.Cl.NC=O.O. The minimum Gasteiger partial charge on any atom is -0.412 e. The fraction of sp³-hybridized carbons (Fsp3) is 0.222. The standard InChI is InChI=1S/C8H12N2.CH3NO.ClH.H2O/c1-2-6-5-7(9)3-4-8(6)10;2-1-3;;/h3-5H,2,9-10H2,1H3;1H,(H2,2,3);1H;1H2. The van der Waals surface area contributed by atoms with Crippen LogP contribution >= 0.6 is 12.4 Å². The third-order valence-corrected chi connectivity index (χ3v) is 1.55. The Hall–Kier alpha value is -1.46. The van der Waals surface area contributed by atoms with Gasteiger partial charge in [0.1, 0.15) is 0 Å². The topological polar surface area (TPSA) is 127 Å². The van der Waals surface area contributed by atoms with Crippen LogP contribution in [0.1, 0.15) is 12.5 Å². The maximum atomic E-state index is 8.58. The zero-order chi connectivity index (χ0) is 10.3. The van der Waals surface area contributed by atoms with E-state index < -0.39 is 0 Å². The number of anilines is 2. The number of amides is 1. The number of benzene rings is 1. The smallest absolute Gasteiger partial charge is 0.204 e. The summed E-state index contributed by atoms with van der Waals surface area (Å²) in [5.74, 6) is 0. The predicted molar refractivity (Wildman–Crippen MR) is 65.8 cm³/mol. The lowest BCUT2D eigenvalue weighted by Gasteiger charge is -2.02. The summed E-state index contributed by atoms with van der Waals surface area (Å²) >= 11 is 0. The van der Waals surface area contributed by atoms with Crippen molar-refractivity contribution in [3.8, 4) is 0 Å². The molecule has 0 aliphatic carbocycles. The molecule has 1 aromatic rings. The zero-order valence-electron chi connectivity index (χ0n) is 8.57. The van der Waals surface area contributed by atoms with Gasteiger partial charge in [-0.15, -0.1) is 12.4 Å². The summed E-state index contributed by atoms with van der Waals surface area (Å²) in [4.78, 5) is 8.58. The van der Waals surface area contributed by atoms with Crippen molar-refractivity contribution in [3.05, 3.63) is 23.8 Å². The first-order valence-electron chi connectivity index (χ1n) is 3.95. The van der Waals surface area contributed by atoms with Crippen molar-refractivity contribution in [2.45, 2.75) is 13.3 Å². The summed E-state index contributed by atoms with van der Waals surface area (Å²) in [5.41, 5.74) is 18.1. The van der Waals surface area contributed by atoms with Crippen LogP contribution in [0.5, 0.6) is 0 Å². The molecule has 0 bridgehead atoms. The molecule has 0 spiro atoms. The van der Waals surface area contributed by atoms with Gasteiger partial charge in [0.25, 0.3) is 0 Å². The molecule has 0 saturated carbocycles. The number of hydrogen-bond donors (Lipinski definition) is 3. The average Bonchev–Trinajstić information content (AvgIpc) is 2.10. The van der Waals surface area contributed by atoms with Crippen LogP contribution in [0, 0.1) is 0 Å². The lowest BCUT2D eigenvalue weighted by molar-refractivity contribution is -0.106. The highest BCUT2D eigenvalue weighted by Gasteiger charge is 1.94. The first-order chi connectivity index (χ1) is 6.15. The first-order valence-corrected chi connectivity index (χ1v) is 3.95. The van der Waals surface area contributed by atoms with E-state index in [1.807, 2.05) is 18.2 Å². The van der Waals surface area contributed by atoms with E-state index in [2.05, 4.69) is 12.7 Å². The Morgan fingerprint density at radius 3 is 2.13 bits per heavy atom. The number of hydrogen-bond acceptors (Lipinski definition) is 3. The molecule has 0 unspecified atom stereocenters. The molecule has 0 heterocycles. The quantitative estimate of drug-likeness (QED) is 0.472. The number of primary amides is 1. The fourth-order valence-corrected chi connectivity index (χ4v) is 0.932. The number of aryl methyl sites for hydroxylation is 1. The summed E-state index contributed by atoms with van der Waals surface area (Å²) < 4.78 is 0. The van der Waals surface area contributed by atoms with E-state index in [0.29, 0.717) is 0 Å². The highest BCUT2D eigenvalue weighted by atomic mass is 35.5. The van der Waals surface area contributed by atoms with Crippen LogP contribution < -0.4 is 17.2 Å². The monoisotopic (exact) mass is 235 g/mol. The van der Waals surface area contributed by atoms with Crippen molar-refractivity contribution >= 4 is 30.2 Å². The lowest BCUT2D eigenvalue weighted by Crippen LogP contribution is -1.94. The molecule has 5 nitrogen and oxygen atoms in total. The van der Waals surface area contributed by atoms with Crippen molar-refractivity contribution in [2.75, 3.05) is 11.5 Å². The molecule has 88 valence electrons. The Labute approximate surface area is 95.3 Å². The molecule has 1 amide bonds. The van der Waals surface area contributed by atoms with Gasteiger partial charge in [0.2, 0.25) is 6.41 Å². The molecule has 0 aliphatic rings. The Balaban J connectivity index is -0.000000260. The van der Waals surface area contributed by atoms with Crippen LogP contribution in [0.3, 0.4) is 0 Å². The maximum Gasteiger partial charge on any atom is 0.204 e. The molecule has 0 aliphatic heterocycles. The maximum absolute atomic E-state index is 8.58. The van der Waals surface area contributed by atoms with Crippen LogP contribution in [-0.4, -0.2) is 11.9 Å². The second kappa shape index (κ2) is 10.6. The molecule has 0 atom stereocenters. The molecule has 0 aromatic heterocycles. The van der Waals surface area contributed by atoms with Gasteiger partial charge in [-0.3, -0.25) is 4.79 Å². The molecular formula is C9H18ClN3O2. The predicted octanol–water partition coefficient (Wildman–Crippen LogP) is 0.112. The van der Waals surface area contributed by atoms with Crippen molar-refractivity contribution in [3.63, 3.8) is 0 Å². The van der Waals surface area contributed by atoms with Gasteiger partial charge in [-0.1, -0.05) is 6.92 Å². The van der Waals surface area contributed by atoms with Gasteiger partial charge in [-0.25, -0.2) is 0 Å². The third kappa shape index (κ3) is 7.60. The van der Waals surface area contributed by atoms with E-state index in [9.17, 15) is 0 Å². The van der Waals surface area contributed by atoms with Gasteiger partial charge >= 0.3 is 0 Å². The zero-order valence-corrected chi connectivity index (χ0v) is 9.38. The number of rotatable bonds is 1. The van der Waals surface area contributed by atoms with E-state index >= 15 is 0 Å². The van der Waals surface area contributed by atoms with Crippen LogP contribution in [-0.2, 0) is 11.2 Å². The first kappa shape index (κ1) is 19.2. The largest absolute Gasteiger partial charge is 0.412 e. The van der Waals surface area contributed by atoms with Gasteiger partial charge in [0.15, 0.2) is 0 Å². The van der Waals surface area contributed by atoms with Gasteiger partial charge in [-0.05, 0) is 30.2 Å². The highest BCUT2D eigenvalue weighted by molar-refractivity contribution is 5.85. The minimum atomic E-state index is 0. The van der Waals surface area contributed by atoms with Gasteiger partial charge in [0.05, 0.1) is 0 Å². The second-order valence-electron chi connectivity index (χ2n) is 2.45. The summed E-state index contributed by atoms with van der Waals surface area (Å²) in [5, 5.41) is 0. The molecule has 0 saturated heterocycles. The summed E-state index contributed by atoms with van der Waals surface area (Å²) in [6, 6.07) is 5.57. The van der Waals surface area contributed by atoms with Crippen LogP contribution in [0.25, 0.3) is 0 Å². The van der Waals surface area contributed by atoms with Crippen LogP contribution in [0.2, 0.25) is 0 Å². The molecule has 15 heavy (non-hydrogen) atoms. The molecule has 6 heteroatoms. The van der Waals surface area contributed by atoms with Crippen molar-refractivity contribution < 1.29 is 10.3 Å². The molecule has 0 radical (unpaired) electrons. The Morgan fingerprint density at radius 2 is 1.80 bits per heavy atom. The fourth-order valence-electron chi connectivity index (χ4n) is 0.932. The Kier molecular flexibility index (Phi) is 13.6. The summed E-state index contributed by atoms with van der Waals surface area (Å²) in [6.45, 7) is 2.06. The van der Waals surface area contributed by atoms with Gasteiger partial charge in [0, 0.05) is 11.4 Å². The Morgan fingerprint density at radius 1 is 1.33 bits per heavy atom. The van der Waals surface area contributed by atoms with E-state index in [0.717, 1.165) is 23.4 Å². The van der Waals surface area contributed by atoms with Crippen molar-refractivity contribution in [2.24, 2.45) is 5.73 Å². The molecular weight excluding hydrogens is 218 g/mol. The van der Waals surface area contributed by atoms with E-state index in [-0.39, 0.29) is 24.3 Å². The number of nitrogen functional groups attached to an aromatic ring is 2. The molecule has 0 fully saturated rings. The van der Waals surface area contributed by atoms with Crippen LogP contribution in [0.15, 0.2) is 18.2 Å². The number of halogens is 1. The van der Waals surface area contributed by atoms with E-state index in [1.165, 1.54) is 0 Å². The third-order valence-electron chi connectivity index (χ3n) is 1.55. The minimum absolute atomic E-state index is 0. The van der Waals surface area contributed by atoms with E-state index in [1.54, 1.807) is 0 Å². The summed E-state index contributed by atoms with van der Waals surface area (Å²) in [7, 11) is 0. The average molecular weight is 236 g/mol. The number of carbonyl (C=O) groups is 1. The number of carbonyl (C=O) groups excluding carboxylic acids is 1. The molecule has 1 aromatic carbocycles. The van der Waals surface area contributed by atoms with Crippen molar-refractivity contribution in [1.82, 2.24) is 0 Å². The normalized spacial score (nSPS) is 7.27. The van der Waals surface area contributed by atoms with Gasteiger partial charge < -0.3 is 22.7 Å². The molecule has 1 rings (SSSR count). The summed E-state index contributed by atoms with van der Waals surface area (Å²) in [6.07, 6.45) is 1.19. The lowest BCUT2D eigenvalue weighted by atomic mass is 10.1. The van der Waals surface area contributed by atoms with Crippen LogP contribution in [0.4, 0.5) is 11.4 Å². The second-order valence-corrected chi connectivity index (χ2v) is 2.45.